The molecule has 7 heteroatoms. The summed E-state index contributed by atoms with van der Waals surface area (Å²) in [5.74, 6) is 0.116. The lowest BCUT2D eigenvalue weighted by Crippen LogP contribution is -2.51. The lowest BCUT2D eigenvalue weighted by atomic mass is 9.59. The second-order valence-corrected chi connectivity index (χ2v) is 9.80. The molecule has 32 heavy (non-hydrogen) atoms. The van der Waals surface area contributed by atoms with Gasteiger partial charge >= 0.3 is 0 Å². The monoisotopic (exact) mass is 436 g/mol. The number of benzene rings is 1. The molecule has 1 aliphatic carbocycles. The Morgan fingerprint density at radius 1 is 1.31 bits per heavy atom. The molecule has 2 unspecified atom stereocenters. The first-order valence-electron chi connectivity index (χ1n) is 11.2. The number of fused-ring (bicyclic) bond motifs is 1. The van der Waals surface area contributed by atoms with Gasteiger partial charge in [0.1, 0.15) is 6.61 Å². The zero-order chi connectivity index (χ0) is 23.1. The molecular formula is C25H32N4O3. The highest BCUT2D eigenvalue weighted by atomic mass is 16.5. The molecule has 0 fully saturated rings. The van der Waals surface area contributed by atoms with Gasteiger partial charge in [-0.2, -0.15) is 10.2 Å². The fourth-order valence-electron chi connectivity index (χ4n) is 5.42. The van der Waals surface area contributed by atoms with E-state index in [1.165, 1.54) is 7.11 Å². The van der Waals surface area contributed by atoms with E-state index in [1.54, 1.807) is 11.9 Å². The maximum Gasteiger partial charge on any atom is 0.248 e. The van der Waals surface area contributed by atoms with Crippen molar-refractivity contribution in [2.45, 2.75) is 58.2 Å². The molecule has 0 spiro atoms. The Hall–Kier alpha value is -2.80. The first-order chi connectivity index (χ1) is 15.2. The minimum atomic E-state index is -0.576. The number of amides is 1. The van der Waals surface area contributed by atoms with Gasteiger partial charge in [-0.05, 0) is 29.4 Å². The van der Waals surface area contributed by atoms with Crippen molar-refractivity contribution in [3.63, 3.8) is 0 Å². The third-order valence-corrected chi connectivity index (χ3v) is 6.84. The van der Waals surface area contributed by atoms with Crippen LogP contribution in [-0.4, -0.2) is 43.5 Å². The Bertz CT molecular complexity index is 1040. The minimum Gasteiger partial charge on any atom is -0.375 e. The van der Waals surface area contributed by atoms with E-state index in [2.05, 4.69) is 48.4 Å². The summed E-state index contributed by atoms with van der Waals surface area (Å²) in [6.07, 6.45) is 3.64. The van der Waals surface area contributed by atoms with Crippen molar-refractivity contribution >= 4 is 11.7 Å². The van der Waals surface area contributed by atoms with Crippen LogP contribution in [0.5, 0.6) is 0 Å². The molecule has 2 atom stereocenters. The first kappa shape index (κ1) is 22.4. The van der Waals surface area contributed by atoms with Crippen LogP contribution in [0.3, 0.4) is 0 Å². The average molecular weight is 437 g/mol. The van der Waals surface area contributed by atoms with Gasteiger partial charge in [-0.1, -0.05) is 45.0 Å². The van der Waals surface area contributed by atoms with Crippen LogP contribution >= 0.6 is 0 Å². The molecule has 1 aromatic carbocycles. The largest absolute Gasteiger partial charge is 0.375 e. The van der Waals surface area contributed by atoms with Crippen LogP contribution in [0.4, 0.5) is 0 Å². The molecule has 0 saturated carbocycles. The standard InChI is InChI=1S/C25H32N4O3/c1-6-25(17-9-7-8-16(10-17)14-29(4)21(31)15-32-5)18-13-26-28-23(18)27-19-11-24(2,3)12-20(30)22(19)25/h7-10,13,23,27H,6,11-12,14-15H2,1-5H3. The number of hydrogen-bond acceptors (Lipinski definition) is 6. The smallest absolute Gasteiger partial charge is 0.248 e. The van der Waals surface area contributed by atoms with Crippen molar-refractivity contribution in [2.75, 3.05) is 20.8 Å². The van der Waals surface area contributed by atoms with Crippen molar-refractivity contribution in [3.8, 4) is 0 Å². The molecule has 2 heterocycles. The highest BCUT2D eigenvalue weighted by Crippen LogP contribution is 2.53. The summed E-state index contributed by atoms with van der Waals surface area (Å²) >= 11 is 0. The summed E-state index contributed by atoms with van der Waals surface area (Å²) in [5, 5.41) is 12.1. The topological polar surface area (TPSA) is 83.4 Å². The molecule has 170 valence electrons. The Kier molecular flexibility index (Phi) is 5.79. The number of nitrogens with one attached hydrogen (secondary N) is 1. The molecule has 0 bridgehead atoms. The number of ketones is 1. The number of carbonyl (C=O) groups excluding carboxylic acids is 2. The van der Waals surface area contributed by atoms with Gasteiger partial charge in [0.05, 0.1) is 11.6 Å². The maximum atomic E-state index is 13.6. The molecule has 0 aromatic heterocycles. The van der Waals surface area contributed by atoms with E-state index < -0.39 is 5.41 Å². The summed E-state index contributed by atoms with van der Waals surface area (Å²) in [4.78, 5) is 27.4. The number of ether oxygens (including phenoxy) is 1. The number of nitrogens with zero attached hydrogens (tertiary/aromatic N) is 3. The summed E-state index contributed by atoms with van der Waals surface area (Å²) < 4.78 is 4.98. The fourth-order valence-corrected chi connectivity index (χ4v) is 5.42. The number of likely N-dealkylation sites (N-methyl/N-ethyl adjacent to an activating group) is 1. The van der Waals surface area contributed by atoms with Gasteiger partial charge in [0.2, 0.25) is 5.91 Å². The number of rotatable bonds is 6. The molecule has 1 amide bonds. The Morgan fingerprint density at radius 2 is 2.09 bits per heavy atom. The Balaban J connectivity index is 1.81. The van der Waals surface area contributed by atoms with Crippen LogP contribution in [-0.2, 0) is 26.3 Å². The number of hydrogen-bond donors (Lipinski definition) is 1. The number of Topliss-reactive ketones (excluding diaryl/α,β-unsaturated/α-hetero) is 1. The van der Waals surface area contributed by atoms with Gasteiger partial charge < -0.3 is 15.0 Å². The van der Waals surface area contributed by atoms with Gasteiger partial charge in [0.25, 0.3) is 0 Å². The van der Waals surface area contributed by atoms with Gasteiger partial charge in [-0.25, -0.2) is 0 Å². The third-order valence-electron chi connectivity index (χ3n) is 6.84. The second kappa shape index (κ2) is 8.28. The van der Waals surface area contributed by atoms with E-state index in [-0.39, 0.29) is 29.9 Å². The van der Waals surface area contributed by atoms with Crippen LogP contribution in [0, 0.1) is 5.41 Å². The number of azo groups is 1. The Morgan fingerprint density at radius 3 is 2.81 bits per heavy atom. The molecule has 4 rings (SSSR count). The highest BCUT2D eigenvalue weighted by molar-refractivity contribution is 6.01. The second-order valence-electron chi connectivity index (χ2n) is 9.80. The van der Waals surface area contributed by atoms with E-state index in [4.69, 9.17) is 4.74 Å². The lowest BCUT2D eigenvalue weighted by molar-refractivity contribution is -0.134. The molecule has 0 radical (unpaired) electrons. The SMILES string of the molecule is CCC1(c2cccc(CN(C)C(=O)COC)c2)C2=CN=NC2NC2=C1C(=O)CC(C)(C)C2. The fraction of sp³-hybridized carbons (Fsp3) is 0.520. The van der Waals surface area contributed by atoms with Crippen LogP contribution in [0.25, 0.3) is 0 Å². The van der Waals surface area contributed by atoms with E-state index in [0.717, 1.165) is 40.8 Å². The minimum absolute atomic E-state index is 0.0544. The average Bonchev–Trinajstić information content (AvgIpc) is 3.20. The molecule has 7 nitrogen and oxygen atoms in total. The summed E-state index contributed by atoms with van der Waals surface area (Å²) in [5.41, 5.74) is 4.27. The van der Waals surface area contributed by atoms with Gasteiger partial charge in [0, 0.05) is 44.0 Å². The van der Waals surface area contributed by atoms with Crippen LogP contribution in [0.2, 0.25) is 0 Å². The van der Waals surface area contributed by atoms with E-state index in [1.807, 2.05) is 18.3 Å². The first-order valence-corrected chi connectivity index (χ1v) is 11.2. The number of methoxy groups -OCH3 is 1. The van der Waals surface area contributed by atoms with Crippen molar-refractivity contribution in [3.05, 3.63) is 58.4 Å². The predicted molar refractivity (Wildman–Crippen MR) is 122 cm³/mol. The predicted octanol–water partition coefficient (Wildman–Crippen LogP) is 3.86. The van der Waals surface area contributed by atoms with E-state index >= 15 is 0 Å². The summed E-state index contributed by atoms with van der Waals surface area (Å²) in [6.45, 7) is 6.93. The molecule has 1 aromatic rings. The molecule has 3 aliphatic rings. The van der Waals surface area contributed by atoms with Gasteiger partial charge in [-0.3, -0.25) is 9.59 Å². The zero-order valence-electron chi connectivity index (χ0n) is 19.6. The van der Waals surface area contributed by atoms with Crippen molar-refractivity contribution in [1.82, 2.24) is 10.2 Å². The quantitative estimate of drug-likeness (QED) is 0.734. The molecule has 0 saturated heterocycles. The van der Waals surface area contributed by atoms with E-state index in [9.17, 15) is 9.59 Å². The normalized spacial score (nSPS) is 25.7. The van der Waals surface area contributed by atoms with Gasteiger partial charge in [-0.15, -0.1) is 0 Å². The number of allylic oxidation sites excluding steroid dienone is 2. The molecule has 1 N–H and O–H groups in total. The van der Waals surface area contributed by atoms with Crippen LogP contribution < -0.4 is 5.32 Å². The van der Waals surface area contributed by atoms with Crippen LogP contribution in [0.1, 0.15) is 51.2 Å². The summed E-state index contributed by atoms with van der Waals surface area (Å²) in [7, 11) is 3.29. The molecular weight excluding hydrogens is 404 g/mol. The Labute approximate surface area is 189 Å². The third kappa shape index (κ3) is 3.68. The maximum absolute atomic E-state index is 13.6. The lowest BCUT2D eigenvalue weighted by Gasteiger charge is -2.47. The zero-order valence-corrected chi connectivity index (χ0v) is 19.6. The van der Waals surface area contributed by atoms with Crippen molar-refractivity contribution < 1.29 is 14.3 Å². The van der Waals surface area contributed by atoms with Crippen molar-refractivity contribution in [2.24, 2.45) is 15.6 Å². The van der Waals surface area contributed by atoms with Crippen LogP contribution in [0.15, 0.2) is 57.5 Å². The summed E-state index contributed by atoms with van der Waals surface area (Å²) in [6, 6.07) is 8.23. The van der Waals surface area contributed by atoms with E-state index in [0.29, 0.717) is 13.0 Å². The van der Waals surface area contributed by atoms with Crippen molar-refractivity contribution in [1.29, 1.82) is 0 Å². The van der Waals surface area contributed by atoms with Gasteiger partial charge in [0.15, 0.2) is 11.9 Å². The molecule has 2 aliphatic heterocycles. The highest BCUT2D eigenvalue weighted by Gasteiger charge is 2.52. The number of carbonyl (C=O) groups is 2.